The van der Waals surface area contributed by atoms with E-state index < -0.39 is 84.0 Å². The van der Waals surface area contributed by atoms with Crippen molar-refractivity contribution in [2.75, 3.05) is 19.7 Å². The number of hydrogen-bond donors (Lipinski definition) is 2. The molecule has 0 saturated heterocycles. The molecule has 0 heterocycles. The van der Waals surface area contributed by atoms with E-state index in [-0.39, 0.29) is 12.5 Å². The Hall–Kier alpha value is -4.52. The number of carbonyl (C=O) groups excluding carboxylic acids is 2. The summed E-state index contributed by atoms with van der Waals surface area (Å²) in [5, 5.41) is 11.9. The summed E-state index contributed by atoms with van der Waals surface area (Å²) in [4.78, 5) is 38.1. The minimum Gasteiger partial charge on any atom is -0.480 e. The van der Waals surface area contributed by atoms with Crippen LogP contribution < -0.4 is 5.32 Å². The Morgan fingerprint density at radius 1 is 0.864 bits per heavy atom. The summed E-state index contributed by atoms with van der Waals surface area (Å²) in [5.74, 6) is -14.0. The molecule has 0 aliphatic heterocycles. The van der Waals surface area contributed by atoms with Crippen LogP contribution in [-0.2, 0) is 25.6 Å². The fourth-order valence-electron chi connectivity index (χ4n) is 4.98. The van der Waals surface area contributed by atoms with Gasteiger partial charge >= 0.3 is 18.0 Å². The van der Waals surface area contributed by atoms with Crippen LogP contribution in [0.25, 0.3) is 11.1 Å². The number of carboxylic acids is 1. The molecule has 8 nitrogen and oxygen atoms in total. The number of esters is 1. The van der Waals surface area contributed by atoms with Crippen LogP contribution in [0.15, 0.2) is 48.5 Å². The Kier molecular flexibility index (Phi) is 9.57. The number of aliphatic carboxylic acids is 1. The highest BCUT2D eigenvalue weighted by atomic mass is 19.2. The quantitative estimate of drug-likeness (QED) is 0.133. The van der Waals surface area contributed by atoms with Crippen molar-refractivity contribution >= 4 is 18.0 Å². The Balaban J connectivity index is 1.51. The highest BCUT2D eigenvalue weighted by molar-refractivity contribution is 5.81. The Labute approximate surface area is 249 Å². The lowest BCUT2D eigenvalue weighted by atomic mass is 9.98. The number of nitrogens with one attached hydrogen (secondary N) is 1. The van der Waals surface area contributed by atoms with Crippen molar-refractivity contribution in [3.05, 3.63) is 94.3 Å². The standard InChI is InChI=1S/C31H29F5N2O6/c1-31(2,3)44-23(39)14-38(12-20-24(32)26(34)28(36)27(35)25(20)33)13-22(29(40)41)37-30(42)43-15-21-18-10-6-4-8-16(18)17-9-5-7-11-19(17)21/h4-11,21-22H,12-15H2,1-3H3,(H,37,42)(H,40,41)/t22-/m0/s1. The van der Waals surface area contributed by atoms with Gasteiger partial charge in [0, 0.05) is 24.6 Å². The number of rotatable bonds is 10. The van der Waals surface area contributed by atoms with Gasteiger partial charge in [0.2, 0.25) is 5.82 Å². The van der Waals surface area contributed by atoms with E-state index in [4.69, 9.17) is 9.47 Å². The van der Waals surface area contributed by atoms with Crippen LogP contribution >= 0.6 is 0 Å². The molecule has 0 aromatic heterocycles. The second-order valence-corrected chi connectivity index (χ2v) is 11.2. The van der Waals surface area contributed by atoms with Gasteiger partial charge in [-0.05, 0) is 43.0 Å². The lowest BCUT2D eigenvalue weighted by Gasteiger charge is -2.27. The molecule has 13 heteroatoms. The maximum Gasteiger partial charge on any atom is 0.407 e. The van der Waals surface area contributed by atoms with Gasteiger partial charge in [0.05, 0.1) is 6.54 Å². The van der Waals surface area contributed by atoms with Crippen LogP contribution in [0, 0.1) is 29.1 Å². The summed E-state index contributed by atoms with van der Waals surface area (Å²) < 4.78 is 80.8. The van der Waals surface area contributed by atoms with Crippen LogP contribution in [0.2, 0.25) is 0 Å². The zero-order valence-corrected chi connectivity index (χ0v) is 23.9. The average molecular weight is 621 g/mol. The molecule has 3 aromatic rings. The van der Waals surface area contributed by atoms with E-state index in [9.17, 15) is 41.4 Å². The molecule has 234 valence electrons. The number of nitrogens with zero attached hydrogens (tertiary/aromatic N) is 1. The fourth-order valence-corrected chi connectivity index (χ4v) is 4.98. The molecule has 4 rings (SSSR count). The predicted octanol–water partition coefficient (Wildman–Crippen LogP) is 5.52. The van der Waals surface area contributed by atoms with E-state index >= 15 is 0 Å². The Morgan fingerprint density at radius 2 is 1.36 bits per heavy atom. The first kappa shape index (κ1) is 32.4. The minimum atomic E-state index is -2.37. The third kappa shape index (κ3) is 7.16. The minimum absolute atomic E-state index is 0.154. The molecule has 1 aliphatic carbocycles. The topological polar surface area (TPSA) is 105 Å². The van der Waals surface area contributed by atoms with Crippen LogP contribution in [-0.4, -0.2) is 59.4 Å². The van der Waals surface area contributed by atoms with E-state index in [1.807, 2.05) is 48.5 Å². The molecular formula is C31H29F5N2O6. The van der Waals surface area contributed by atoms with Crippen LogP contribution in [0.1, 0.15) is 43.4 Å². The number of halogens is 5. The summed E-state index contributed by atoms with van der Waals surface area (Å²) in [6.07, 6.45) is -1.15. The van der Waals surface area contributed by atoms with E-state index in [2.05, 4.69) is 5.32 Å². The van der Waals surface area contributed by atoms with Crippen molar-refractivity contribution in [1.82, 2.24) is 10.2 Å². The molecule has 0 saturated carbocycles. The number of hydrogen-bond acceptors (Lipinski definition) is 6. The third-order valence-electron chi connectivity index (χ3n) is 6.83. The van der Waals surface area contributed by atoms with Gasteiger partial charge in [-0.2, -0.15) is 0 Å². The smallest absolute Gasteiger partial charge is 0.407 e. The molecule has 0 unspecified atom stereocenters. The molecule has 2 N–H and O–H groups in total. The predicted molar refractivity (Wildman–Crippen MR) is 147 cm³/mol. The first-order chi connectivity index (χ1) is 20.7. The first-order valence-electron chi connectivity index (χ1n) is 13.5. The summed E-state index contributed by atoms with van der Waals surface area (Å²) in [6, 6.07) is 13.2. The van der Waals surface area contributed by atoms with Crippen LogP contribution in [0.5, 0.6) is 0 Å². The third-order valence-corrected chi connectivity index (χ3v) is 6.83. The first-order valence-corrected chi connectivity index (χ1v) is 13.5. The normalized spacial score (nSPS) is 13.3. The largest absolute Gasteiger partial charge is 0.480 e. The number of amides is 1. The second kappa shape index (κ2) is 13.0. The molecular weight excluding hydrogens is 591 g/mol. The molecule has 0 spiro atoms. The maximum absolute atomic E-state index is 14.5. The molecule has 1 atom stereocenters. The zero-order chi connectivity index (χ0) is 32.3. The average Bonchev–Trinajstić information content (AvgIpc) is 3.28. The number of carbonyl (C=O) groups is 3. The molecule has 0 bridgehead atoms. The van der Waals surface area contributed by atoms with Crippen molar-refractivity contribution in [2.24, 2.45) is 0 Å². The molecule has 44 heavy (non-hydrogen) atoms. The summed E-state index contributed by atoms with van der Waals surface area (Å²) in [5.41, 5.74) is 1.43. The van der Waals surface area contributed by atoms with Crippen LogP contribution in [0.4, 0.5) is 26.7 Å². The van der Waals surface area contributed by atoms with Crippen molar-refractivity contribution in [1.29, 1.82) is 0 Å². The van der Waals surface area contributed by atoms with Gasteiger partial charge in [-0.15, -0.1) is 0 Å². The zero-order valence-electron chi connectivity index (χ0n) is 23.9. The van der Waals surface area contributed by atoms with Gasteiger partial charge in [0.15, 0.2) is 23.3 Å². The fraction of sp³-hybridized carbons (Fsp3) is 0.323. The van der Waals surface area contributed by atoms with Crippen molar-refractivity contribution in [3.8, 4) is 11.1 Å². The van der Waals surface area contributed by atoms with E-state index in [1.165, 1.54) is 20.8 Å². The lowest BCUT2D eigenvalue weighted by molar-refractivity contribution is -0.157. The lowest BCUT2D eigenvalue weighted by Crippen LogP contribution is -2.50. The molecule has 1 amide bonds. The highest BCUT2D eigenvalue weighted by Gasteiger charge is 2.33. The number of carboxylic acid groups (broad SMARTS) is 1. The van der Waals surface area contributed by atoms with Crippen LogP contribution in [0.3, 0.4) is 0 Å². The van der Waals surface area contributed by atoms with Crippen molar-refractivity contribution in [3.63, 3.8) is 0 Å². The van der Waals surface area contributed by atoms with Gasteiger partial charge in [-0.25, -0.2) is 31.5 Å². The number of benzene rings is 3. The maximum atomic E-state index is 14.5. The Morgan fingerprint density at radius 3 is 1.86 bits per heavy atom. The summed E-state index contributed by atoms with van der Waals surface area (Å²) in [7, 11) is 0. The van der Waals surface area contributed by atoms with Gasteiger partial charge in [-0.3, -0.25) is 9.69 Å². The Bertz CT molecular complexity index is 1520. The number of ether oxygens (including phenoxy) is 2. The van der Waals surface area contributed by atoms with Gasteiger partial charge in [-0.1, -0.05) is 48.5 Å². The SMILES string of the molecule is CC(C)(C)OC(=O)CN(Cc1c(F)c(F)c(F)c(F)c1F)C[C@H](NC(=O)OCC1c2ccccc2-c2ccccc21)C(=O)O. The molecule has 0 fully saturated rings. The highest BCUT2D eigenvalue weighted by Crippen LogP contribution is 2.44. The van der Waals surface area contributed by atoms with E-state index in [1.54, 1.807) is 0 Å². The van der Waals surface area contributed by atoms with Crippen molar-refractivity contribution < 1.29 is 50.9 Å². The summed E-state index contributed by atoms with van der Waals surface area (Å²) in [6.45, 7) is 1.74. The molecule has 1 aliphatic rings. The van der Waals surface area contributed by atoms with Gasteiger partial charge in [0.25, 0.3) is 0 Å². The van der Waals surface area contributed by atoms with Gasteiger partial charge in [0.1, 0.15) is 18.2 Å². The second-order valence-electron chi connectivity index (χ2n) is 11.2. The molecule has 0 radical (unpaired) electrons. The molecule has 3 aromatic carbocycles. The number of alkyl carbamates (subject to hydrolysis) is 1. The van der Waals surface area contributed by atoms with E-state index in [0.29, 0.717) is 0 Å². The van der Waals surface area contributed by atoms with E-state index in [0.717, 1.165) is 27.2 Å². The monoisotopic (exact) mass is 620 g/mol. The summed E-state index contributed by atoms with van der Waals surface area (Å²) >= 11 is 0. The van der Waals surface area contributed by atoms with Gasteiger partial charge < -0.3 is 19.9 Å². The van der Waals surface area contributed by atoms with Crippen molar-refractivity contribution in [2.45, 2.75) is 44.9 Å². The number of fused-ring (bicyclic) bond motifs is 3.